The minimum absolute atomic E-state index is 0. The van der Waals surface area contributed by atoms with Crippen LogP contribution in [0, 0.1) is 35.6 Å². The molecule has 0 spiro atoms. The first-order valence-electron chi connectivity index (χ1n) is 0. The van der Waals surface area contributed by atoms with Crippen molar-refractivity contribution in [1.82, 2.24) is 0 Å². The molecule has 0 rings (SSSR count). The Balaban J connectivity index is 0. The van der Waals surface area contributed by atoms with E-state index in [1.54, 1.807) is 0 Å². The van der Waals surface area contributed by atoms with Gasteiger partial charge in [0, 0.05) is 0 Å². The molecule has 5 heteroatoms. The molecule has 0 aromatic carbocycles. The molecule has 0 saturated heterocycles. The zero-order valence-corrected chi connectivity index (χ0v) is 12.4. The summed E-state index contributed by atoms with van der Waals surface area (Å²) < 4.78 is 0. The maximum Gasteiger partial charge on any atom is 4.00 e. The van der Waals surface area contributed by atoms with Crippen LogP contribution < -0.4 is 0 Å². The Hall–Kier alpha value is 3.87. The molecule has 0 fully saturated rings. The molecule has 5 heavy (non-hydrogen) atoms. The van der Waals surface area contributed by atoms with Crippen LogP contribution in [0.2, 0.25) is 0 Å². The molecule has 0 aromatic rings. The third kappa shape index (κ3) is 18.1. The molecule has 0 unspecified atom stereocenters. The van der Waals surface area contributed by atoms with E-state index < -0.39 is 0 Å². The summed E-state index contributed by atoms with van der Waals surface area (Å²) in [6.07, 6.45) is 0. The van der Waals surface area contributed by atoms with Crippen molar-refractivity contribution in [3.05, 3.63) is 0 Å². The van der Waals surface area contributed by atoms with E-state index in [2.05, 4.69) is 0 Å². The first-order valence-corrected chi connectivity index (χ1v) is 0. The molecule has 1 nitrogen and oxygen atoms in total. The van der Waals surface area contributed by atoms with Gasteiger partial charge >= 0.3 is 120 Å². The van der Waals surface area contributed by atoms with Gasteiger partial charge in [-0.25, -0.2) is 0 Å². The zero-order chi connectivity index (χ0) is 0. The minimum Gasteiger partial charge on any atom is -2.00 e. The maximum atomic E-state index is 0. The Morgan fingerprint density at radius 1 is 1.00 bits per heavy atom. The first kappa shape index (κ1) is 36.7. The summed E-state index contributed by atoms with van der Waals surface area (Å²) in [4.78, 5) is 0. The molecule has 0 bridgehead atoms. The summed E-state index contributed by atoms with van der Waals surface area (Å²) in [5.74, 6) is 0. The van der Waals surface area contributed by atoms with Gasteiger partial charge in [-0.2, -0.15) is 0 Å². The largest absolute Gasteiger partial charge is 4.00 e. The van der Waals surface area contributed by atoms with Crippen LogP contribution >= 0.6 is 0 Å². The second-order valence-electron chi connectivity index (χ2n) is 0. The normalized spacial score (nSPS) is 0. The third-order valence-corrected chi connectivity index (χ3v) is 0. The standard InChI is InChI=1S/La.Mn.O.Sr.Ti/q+3;+2;-2;+2;+4. The predicted molar refractivity (Wildman–Crippen MR) is 6.44 cm³/mol. The van der Waals surface area contributed by atoms with E-state index in [0.29, 0.717) is 0 Å². The van der Waals surface area contributed by atoms with Gasteiger partial charge in [0.1, 0.15) is 0 Å². The van der Waals surface area contributed by atoms with Gasteiger partial charge in [0.15, 0.2) is 0 Å². The quantitative estimate of drug-likeness (QED) is 0.530. The van der Waals surface area contributed by atoms with Crippen LogP contribution in [0.4, 0.5) is 0 Å². The molecule has 0 aliphatic rings. The second-order valence-corrected chi connectivity index (χ2v) is 0. The fourth-order valence-electron chi connectivity index (χ4n) is 0. The van der Waals surface area contributed by atoms with Crippen molar-refractivity contribution < 1.29 is 79.9 Å². The molecule has 0 N–H and O–H groups in total. The second kappa shape index (κ2) is 24.8. The summed E-state index contributed by atoms with van der Waals surface area (Å²) in [7, 11) is 0. The predicted octanol–water partition coefficient (Wildman–Crippen LogP) is -0.505. The zero-order valence-electron chi connectivity index (χ0n) is 2.57. The molecule has 0 atom stereocenters. The molecule has 1 radical (unpaired) electrons. The topological polar surface area (TPSA) is 28.5 Å². The molecule has 0 saturated carbocycles. The average Bonchev–Trinajstić information content (AvgIpc) is 0. The van der Waals surface area contributed by atoms with Gasteiger partial charge in [0.2, 0.25) is 0 Å². The summed E-state index contributed by atoms with van der Waals surface area (Å²) in [6, 6.07) is 0. The number of rotatable bonds is 0. The number of hydrogen-bond acceptors (Lipinski definition) is 0. The Labute approximate surface area is 122 Å². The summed E-state index contributed by atoms with van der Waals surface area (Å²) in [6.45, 7) is 0. The van der Waals surface area contributed by atoms with Crippen molar-refractivity contribution in [2.45, 2.75) is 0 Å². The van der Waals surface area contributed by atoms with Gasteiger partial charge in [0.05, 0.1) is 0 Å². The third-order valence-electron chi connectivity index (χ3n) is 0. The van der Waals surface area contributed by atoms with Crippen LogP contribution in [0.15, 0.2) is 0 Å². The van der Waals surface area contributed by atoms with Crippen LogP contribution in [0.1, 0.15) is 0 Å². The van der Waals surface area contributed by atoms with Gasteiger partial charge in [-0.15, -0.1) is 0 Å². The monoisotopic (exact) mass is 346 g/mol. The van der Waals surface area contributed by atoms with Gasteiger partial charge in [-0.05, 0) is 0 Å². The van der Waals surface area contributed by atoms with E-state index >= 15 is 0 Å². The Morgan fingerprint density at radius 3 is 1.00 bits per heavy atom. The fourth-order valence-corrected chi connectivity index (χ4v) is 0. The summed E-state index contributed by atoms with van der Waals surface area (Å²) in [5, 5.41) is 0. The molecule has 0 aliphatic heterocycles. The van der Waals surface area contributed by atoms with E-state index in [1.165, 1.54) is 0 Å². The van der Waals surface area contributed by atoms with Crippen LogP contribution in [-0.2, 0) is 44.3 Å². The van der Waals surface area contributed by atoms with Crippen LogP contribution in [-0.4, -0.2) is 45.5 Å². The van der Waals surface area contributed by atoms with E-state index in [4.69, 9.17) is 0 Å². The summed E-state index contributed by atoms with van der Waals surface area (Å²) >= 11 is 0. The van der Waals surface area contributed by atoms with E-state index in [-0.39, 0.29) is 125 Å². The van der Waals surface area contributed by atoms with Crippen molar-refractivity contribution in [3.63, 3.8) is 0 Å². The molecular formula is LaMnOSrTi+9. The Bertz CT molecular complexity index is 11.6. The van der Waals surface area contributed by atoms with Gasteiger partial charge in [-0.3, -0.25) is 0 Å². The molecule has 13 valence electrons. The molecule has 0 amide bonds. The molecule has 0 aliphatic carbocycles. The molecule has 0 aromatic heterocycles. The van der Waals surface area contributed by atoms with Crippen molar-refractivity contribution in [1.29, 1.82) is 0 Å². The fraction of sp³-hybridized carbons (Fsp3) is 0. The van der Waals surface area contributed by atoms with Crippen molar-refractivity contribution in [3.8, 4) is 0 Å². The summed E-state index contributed by atoms with van der Waals surface area (Å²) in [5.41, 5.74) is 0. The molecule has 0 heterocycles. The van der Waals surface area contributed by atoms with Gasteiger partial charge < -0.3 is 5.48 Å². The number of hydrogen-bond donors (Lipinski definition) is 0. The maximum absolute atomic E-state index is 0. The average molecular weight is 345 g/mol. The minimum atomic E-state index is 0. The van der Waals surface area contributed by atoms with Gasteiger partial charge in [0.25, 0.3) is 0 Å². The van der Waals surface area contributed by atoms with Crippen LogP contribution in [0.3, 0.4) is 0 Å². The Morgan fingerprint density at radius 2 is 1.00 bits per heavy atom. The first-order chi connectivity index (χ1) is 0. The van der Waals surface area contributed by atoms with Crippen molar-refractivity contribution in [2.75, 3.05) is 0 Å². The Kier molecular flexibility index (Phi) is 182. The van der Waals surface area contributed by atoms with Crippen molar-refractivity contribution >= 4 is 45.5 Å². The molecular weight excluding hydrogens is 345 g/mol. The van der Waals surface area contributed by atoms with E-state index in [1.807, 2.05) is 0 Å². The van der Waals surface area contributed by atoms with Crippen LogP contribution in [0.5, 0.6) is 0 Å². The van der Waals surface area contributed by atoms with E-state index in [9.17, 15) is 0 Å². The smallest absolute Gasteiger partial charge is 2.00 e. The van der Waals surface area contributed by atoms with E-state index in [0.717, 1.165) is 0 Å². The van der Waals surface area contributed by atoms with Crippen molar-refractivity contribution in [2.24, 2.45) is 0 Å². The van der Waals surface area contributed by atoms with Crippen LogP contribution in [0.25, 0.3) is 0 Å². The SMILES string of the molecule is [La+3].[Mn+2].[O-2].[Sr+2].[Ti+4]. The van der Waals surface area contributed by atoms with Gasteiger partial charge in [-0.1, -0.05) is 0 Å².